The third-order valence-corrected chi connectivity index (χ3v) is 2.87. The standard InChI is InChI=1S/C10H14N2O5/c1-15-10(2-4-16-5-3-10)9-11-7(17-12-9)6-8(13)14/h2-6H2,1H3,(H,13,14). The summed E-state index contributed by atoms with van der Waals surface area (Å²) in [4.78, 5) is 14.6. The second-order valence-electron chi connectivity index (χ2n) is 3.89. The van der Waals surface area contributed by atoms with Gasteiger partial charge in [-0.05, 0) is 0 Å². The molecule has 0 aromatic carbocycles. The molecule has 94 valence electrons. The average molecular weight is 242 g/mol. The molecule has 0 unspecified atom stereocenters. The van der Waals surface area contributed by atoms with Crippen LogP contribution >= 0.6 is 0 Å². The van der Waals surface area contributed by atoms with Gasteiger partial charge in [0.05, 0.1) is 0 Å². The predicted octanol–water partition coefficient (Wildman–Crippen LogP) is 0.349. The lowest BCUT2D eigenvalue weighted by Crippen LogP contribution is -2.36. The smallest absolute Gasteiger partial charge is 0.312 e. The van der Waals surface area contributed by atoms with Crippen LogP contribution in [0, 0.1) is 0 Å². The van der Waals surface area contributed by atoms with Crippen molar-refractivity contribution >= 4 is 5.97 Å². The molecule has 17 heavy (non-hydrogen) atoms. The van der Waals surface area contributed by atoms with Crippen LogP contribution in [0.3, 0.4) is 0 Å². The van der Waals surface area contributed by atoms with Crippen LogP contribution in [0.2, 0.25) is 0 Å². The van der Waals surface area contributed by atoms with Crippen LogP contribution in [-0.4, -0.2) is 41.5 Å². The molecule has 1 N–H and O–H groups in total. The minimum Gasteiger partial charge on any atom is -0.481 e. The molecule has 0 saturated carbocycles. The second-order valence-corrected chi connectivity index (χ2v) is 3.89. The highest BCUT2D eigenvalue weighted by Gasteiger charge is 2.39. The van der Waals surface area contributed by atoms with E-state index >= 15 is 0 Å². The van der Waals surface area contributed by atoms with Crippen LogP contribution in [0.4, 0.5) is 0 Å². The number of nitrogens with zero attached hydrogens (tertiary/aromatic N) is 2. The summed E-state index contributed by atoms with van der Waals surface area (Å²) in [7, 11) is 1.58. The molecule has 2 heterocycles. The Morgan fingerprint density at radius 3 is 2.82 bits per heavy atom. The van der Waals surface area contributed by atoms with E-state index in [1.165, 1.54) is 0 Å². The second kappa shape index (κ2) is 4.80. The summed E-state index contributed by atoms with van der Waals surface area (Å²) in [5.41, 5.74) is -0.613. The maximum Gasteiger partial charge on any atom is 0.312 e. The SMILES string of the molecule is COC1(c2noc(CC(=O)O)n2)CCOCC1. The van der Waals surface area contributed by atoms with Crippen LogP contribution in [0.5, 0.6) is 0 Å². The quantitative estimate of drug-likeness (QED) is 0.813. The Morgan fingerprint density at radius 2 is 2.24 bits per heavy atom. The molecule has 0 bridgehead atoms. The molecule has 0 spiro atoms. The van der Waals surface area contributed by atoms with Crippen LogP contribution < -0.4 is 0 Å². The van der Waals surface area contributed by atoms with Crippen molar-refractivity contribution in [2.45, 2.75) is 24.9 Å². The van der Waals surface area contributed by atoms with E-state index in [1.54, 1.807) is 7.11 Å². The van der Waals surface area contributed by atoms with Gasteiger partial charge in [0.15, 0.2) is 0 Å². The van der Waals surface area contributed by atoms with Gasteiger partial charge in [0, 0.05) is 33.2 Å². The molecular weight excluding hydrogens is 228 g/mol. The van der Waals surface area contributed by atoms with Crippen LogP contribution in [-0.2, 0) is 26.3 Å². The number of hydrogen-bond acceptors (Lipinski definition) is 6. The highest BCUT2D eigenvalue weighted by molar-refractivity contribution is 5.68. The number of carbonyl (C=O) groups is 1. The van der Waals surface area contributed by atoms with Crippen molar-refractivity contribution < 1.29 is 23.9 Å². The van der Waals surface area contributed by atoms with Crippen molar-refractivity contribution in [3.8, 4) is 0 Å². The summed E-state index contributed by atoms with van der Waals surface area (Å²) >= 11 is 0. The zero-order valence-corrected chi connectivity index (χ0v) is 9.51. The number of methoxy groups -OCH3 is 1. The highest BCUT2D eigenvalue weighted by atomic mass is 16.5. The van der Waals surface area contributed by atoms with Gasteiger partial charge in [-0.3, -0.25) is 4.79 Å². The topological polar surface area (TPSA) is 94.7 Å². The first-order chi connectivity index (χ1) is 8.16. The maximum absolute atomic E-state index is 10.5. The molecule has 1 aromatic rings. The summed E-state index contributed by atoms with van der Waals surface area (Å²) in [6.45, 7) is 1.13. The Morgan fingerprint density at radius 1 is 1.53 bits per heavy atom. The van der Waals surface area contributed by atoms with Gasteiger partial charge < -0.3 is 19.1 Å². The van der Waals surface area contributed by atoms with Gasteiger partial charge in [-0.2, -0.15) is 4.98 Å². The molecule has 2 rings (SSSR count). The van der Waals surface area contributed by atoms with E-state index in [9.17, 15) is 4.79 Å². The zero-order valence-electron chi connectivity index (χ0n) is 9.51. The molecule has 7 nitrogen and oxygen atoms in total. The molecule has 0 atom stereocenters. The number of aliphatic carboxylic acids is 1. The fourth-order valence-corrected chi connectivity index (χ4v) is 1.86. The normalized spacial score (nSPS) is 19.1. The monoisotopic (exact) mass is 242 g/mol. The van der Waals surface area contributed by atoms with Gasteiger partial charge in [-0.25, -0.2) is 0 Å². The molecule has 1 saturated heterocycles. The number of rotatable bonds is 4. The van der Waals surface area contributed by atoms with E-state index in [4.69, 9.17) is 19.1 Å². The van der Waals surface area contributed by atoms with Crippen molar-refractivity contribution in [1.29, 1.82) is 0 Å². The predicted molar refractivity (Wildman–Crippen MR) is 54.4 cm³/mol. The number of aromatic nitrogens is 2. The fourth-order valence-electron chi connectivity index (χ4n) is 1.86. The fraction of sp³-hybridized carbons (Fsp3) is 0.700. The average Bonchev–Trinajstić information content (AvgIpc) is 2.78. The first-order valence-corrected chi connectivity index (χ1v) is 5.34. The lowest BCUT2D eigenvalue weighted by atomic mass is 9.93. The Balaban J connectivity index is 2.19. The van der Waals surface area contributed by atoms with Gasteiger partial charge >= 0.3 is 5.97 Å². The molecule has 1 aliphatic rings. The third-order valence-electron chi connectivity index (χ3n) is 2.87. The van der Waals surface area contributed by atoms with E-state index in [-0.39, 0.29) is 12.3 Å². The van der Waals surface area contributed by atoms with Crippen LogP contribution in [0.15, 0.2) is 4.52 Å². The Kier molecular flexibility index (Phi) is 3.39. The lowest BCUT2D eigenvalue weighted by molar-refractivity contribution is -0.136. The largest absolute Gasteiger partial charge is 0.481 e. The molecule has 0 amide bonds. The van der Waals surface area contributed by atoms with Gasteiger partial charge in [0.1, 0.15) is 12.0 Å². The molecule has 1 aliphatic heterocycles. The number of carboxylic acid groups (broad SMARTS) is 1. The van der Waals surface area contributed by atoms with E-state index in [1.807, 2.05) is 0 Å². The van der Waals surface area contributed by atoms with Gasteiger partial charge in [-0.15, -0.1) is 0 Å². The minimum absolute atomic E-state index is 0.0930. The van der Waals surface area contributed by atoms with Crippen LogP contribution in [0.25, 0.3) is 0 Å². The molecule has 1 fully saturated rings. The van der Waals surface area contributed by atoms with Gasteiger partial charge in [0.25, 0.3) is 0 Å². The molecule has 0 radical (unpaired) electrons. The molecule has 0 aliphatic carbocycles. The van der Waals surface area contributed by atoms with E-state index in [0.29, 0.717) is 31.9 Å². The van der Waals surface area contributed by atoms with E-state index in [0.717, 1.165) is 0 Å². The van der Waals surface area contributed by atoms with E-state index < -0.39 is 11.6 Å². The van der Waals surface area contributed by atoms with Crippen molar-refractivity contribution in [2.24, 2.45) is 0 Å². The lowest BCUT2D eigenvalue weighted by Gasteiger charge is -2.32. The van der Waals surface area contributed by atoms with E-state index in [2.05, 4.69) is 10.1 Å². The van der Waals surface area contributed by atoms with Crippen molar-refractivity contribution in [1.82, 2.24) is 10.1 Å². The summed E-state index contributed by atoms with van der Waals surface area (Å²) in [5, 5.41) is 12.4. The Bertz CT molecular complexity index is 397. The van der Waals surface area contributed by atoms with Crippen molar-refractivity contribution in [3.05, 3.63) is 11.7 Å². The first-order valence-electron chi connectivity index (χ1n) is 5.34. The zero-order chi connectivity index (χ0) is 12.3. The molecule has 1 aromatic heterocycles. The minimum atomic E-state index is -1.00. The Hall–Kier alpha value is -1.47. The first kappa shape index (κ1) is 12.0. The summed E-state index contributed by atoms with van der Waals surface area (Å²) in [6.07, 6.45) is 0.994. The van der Waals surface area contributed by atoms with Crippen molar-refractivity contribution in [3.63, 3.8) is 0 Å². The van der Waals surface area contributed by atoms with Crippen LogP contribution in [0.1, 0.15) is 24.6 Å². The number of hydrogen-bond donors (Lipinski definition) is 1. The van der Waals surface area contributed by atoms with Crippen molar-refractivity contribution in [2.75, 3.05) is 20.3 Å². The molecular formula is C10H14N2O5. The maximum atomic E-state index is 10.5. The van der Waals surface area contributed by atoms with Gasteiger partial charge in [0.2, 0.25) is 11.7 Å². The summed E-state index contributed by atoms with van der Waals surface area (Å²) < 4.78 is 15.6. The third kappa shape index (κ3) is 2.45. The van der Waals surface area contributed by atoms with Gasteiger partial charge in [-0.1, -0.05) is 5.16 Å². The summed E-state index contributed by atoms with van der Waals surface area (Å²) in [6, 6.07) is 0. The number of carboxylic acids is 1. The number of ether oxygens (including phenoxy) is 2. The Labute approximate surface area is 97.7 Å². The summed E-state index contributed by atoms with van der Waals surface area (Å²) in [5.74, 6) is -0.506. The molecule has 7 heteroatoms. The highest BCUT2D eigenvalue weighted by Crippen LogP contribution is 2.33.